The summed E-state index contributed by atoms with van der Waals surface area (Å²) in [6.07, 6.45) is 4.90. The maximum Gasteiger partial charge on any atom is 0.109 e. The van der Waals surface area contributed by atoms with Gasteiger partial charge in [0.15, 0.2) is 0 Å². The number of nitrogens with zero attached hydrogens (tertiary/aromatic N) is 2. The van der Waals surface area contributed by atoms with Crippen LogP contribution >= 0.6 is 11.6 Å². The lowest BCUT2D eigenvalue weighted by atomic mass is 9.99. The van der Waals surface area contributed by atoms with Gasteiger partial charge in [0.2, 0.25) is 0 Å². The normalized spacial score (nSPS) is 18.3. The molecule has 0 amide bonds. The second-order valence-electron chi connectivity index (χ2n) is 5.19. The number of rotatable bonds is 3. The van der Waals surface area contributed by atoms with Gasteiger partial charge >= 0.3 is 0 Å². The van der Waals surface area contributed by atoms with E-state index in [0.29, 0.717) is 5.92 Å². The highest BCUT2D eigenvalue weighted by Gasteiger charge is 2.19. The topological polar surface area (TPSA) is 38.0 Å². The van der Waals surface area contributed by atoms with Crippen molar-refractivity contribution in [3.63, 3.8) is 0 Å². The molecule has 0 spiro atoms. The highest BCUT2D eigenvalue weighted by Crippen LogP contribution is 2.21. The first-order chi connectivity index (χ1) is 9.24. The zero-order valence-corrected chi connectivity index (χ0v) is 11.5. The first kappa shape index (κ1) is 12.7. The molecule has 2 aromatic rings. The van der Waals surface area contributed by atoms with Crippen molar-refractivity contribution < 1.29 is 5.11 Å². The molecule has 0 bridgehead atoms. The third-order valence-electron chi connectivity index (χ3n) is 3.72. The van der Waals surface area contributed by atoms with Crippen molar-refractivity contribution in [2.24, 2.45) is 5.92 Å². The van der Waals surface area contributed by atoms with E-state index < -0.39 is 0 Å². The molecular weight excluding hydrogens is 260 g/mol. The minimum absolute atomic E-state index is 0.263. The molecule has 1 aliphatic rings. The van der Waals surface area contributed by atoms with Crippen molar-refractivity contribution in [3.8, 4) is 0 Å². The van der Waals surface area contributed by atoms with Crippen LogP contribution in [0.3, 0.4) is 0 Å². The molecule has 0 aliphatic carbocycles. The van der Waals surface area contributed by atoms with E-state index in [2.05, 4.69) is 15.7 Å². The smallest absolute Gasteiger partial charge is 0.109 e. The van der Waals surface area contributed by atoms with Crippen LogP contribution in [0.15, 0.2) is 30.5 Å². The summed E-state index contributed by atoms with van der Waals surface area (Å²) in [4.78, 5) is 4.69. The van der Waals surface area contributed by atoms with Gasteiger partial charge in [-0.2, -0.15) is 0 Å². The molecule has 0 saturated heterocycles. The van der Waals surface area contributed by atoms with Crippen LogP contribution in [0.4, 0.5) is 0 Å². The van der Waals surface area contributed by atoms with E-state index in [-0.39, 0.29) is 6.61 Å². The van der Waals surface area contributed by atoms with Gasteiger partial charge in [0.25, 0.3) is 0 Å². The second-order valence-corrected chi connectivity index (χ2v) is 5.62. The fourth-order valence-electron chi connectivity index (χ4n) is 2.60. The van der Waals surface area contributed by atoms with Gasteiger partial charge in [-0.25, -0.2) is 4.98 Å². The summed E-state index contributed by atoms with van der Waals surface area (Å²) in [5.74, 6) is 1.48. The zero-order chi connectivity index (χ0) is 13.2. The predicted octanol–water partition coefficient (Wildman–Crippen LogP) is 2.68. The van der Waals surface area contributed by atoms with Gasteiger partial charge in [-0.05, 0) is 30.0 Å². The van der Waals surface area contributed by atoms with Crippen molar-refractivity contribution in [2.75, 3.05) is 6.61 Å². The Labute approximate surface area is 117 Å². The van der Waals surface area contributed by atoms with Crippen LogP contribution in [0.25, 0.3) is 0 Å². The SMILES string of the molecule is OCC1CCn2cc(Cc3ccc(Cl)cc3)nc2C1. The lowest BCUT2D eigenvalue weighted by molar-refractivity contribution is 0.199. The zero-order valence-electron chi connectivity index (χ0n) is 10.7. The maximum atomic E-state index is 9.24. The van der Waals surface area contributed by atoms with Crippen LogP contribution in [0, 0.1) is 5.92 Å². The van der Waals surface area contributed by atoms with E-state index in [0.717, 1.165) is 42.3 Å². The van der Waals surface area contributed by atoms with Crippen molar-refractivity contribution in [1.82, 2.24) is 9.55 Å². The molecule has 1 atom stereocenters. The highest BCUT2D eigenvalue weighted by molar-refractivity contribution is 6.30. The van der Waals surface area contributed by atoms with Crippen molar-refractivity contribution >= 4 is 11.6 Å². The van der Waals surface area contributed by atoms with Crippen LogP contribution in [0.2, 0.25) is 5.02 Å². The number of fused-ring (bicyclic) bond motifs is 1. The van der Waals surface area contributed by atoms with E-state index >= 15 is 0 Å². The number of benzene rings is 1. The minimum Gasteiger partial charge on any atom is -0.396 e. The summed E-state index contributed by atoms with van der Waals surface area (Å²) in [7, 11) is 0. The fourth-order valence-corrected chi connectivity index (χ4v) is 2.73. The molecule has 1 N–H and O–H groups in total. The summed E-state index contributed by atoms with van der Waals surface area (Å²) >= 11 is 5.89. The van der Waals surface area contributed by atoms with Crippen LogP contribution in [0.1, 0.15) is 23.5 Å². The Morgan fingerprint density at radius 1 is 1.32 bits per heavy atom. The Bertz CT molecular complexity index is 562. The molecule has 1 aromatic carbocycles. The third-order valence-corrected chi connectivity index (χ3v) is 3.97. The van der Waals surface area contributed by atoms with Crippen LogP contribution < -0.4 is 0 Å². The fraction of sp³-hybridized carbons (Fsp3) is 0.400. The van der Waals surface area contributed by atoms with Crippen molar-refractivity contribution in [3.05, 3.63) is 52.6 Å². The van der Waals surface area contributed by atoms with Gasteiger partial charge < -0.3 is 9.67 Å². The van der Waals surface area contributed by atoms with E-state index in [9.17, 15) is 5.11 Å². The molecule has 100 valence electrons. The molecule has 1 aliphatic heterocycles. The Balaban J connectivity index is 1.76. The Morgan fingerprint density at radius 2 is 2.11 bits per heavy atom. The van der Waals surface area contributed by atoms with Crippen molar-refractivity contribution in [2.45, 2.75) is 25.8 Å². The van der Waals surface area contributed by atoms with Gasteiger partial charge in [0.05, 0.1) is 5.69 Å². The summed E-state index contributed by atoms with van der Waals surface area (Å²) in [6.45, 7) is 1.23. The largest absolute Gasteiger partial charge is 0.396 e. The molecule has 4 heteroatoms. The Kier molecular flexibility index (Phi) is 3.58. The molecule has 0 fully saturated rings. The average Bonchev–Trinajstić information content (AvgIpc) is 2.82. The number of imidazole rings is 1. The standard InChI is InChI=1S/C15H17ClN2O/c16-13-3-1-11(2-4-13)7-14-9-18-6-5-12(10-19)8-15(18)17-14/h1-4,9,12,19H,5-8,10H2. The third kappa shape index (κ3) is 2.82. The van der Waals surface area contributed by atoms with Gasteiger partial charge in [-0.1, -0.05) is 23.7 Å². The first-order valence-corrected chi connectivity index (χ1v) is 7.02. The summed E-state index contributed by atoms with van der Waals surface area (Å²) in [6, 6.07) is 7.90. The molecule has 0 saturated carbocycles. The highest BCUT2D eigenvalue weighted by atomic mass is 35.5. The molecule has 0 radical (unpaired) electrons. The second kappa shape index (κ2) is 5.35. The number of aliphatic hydroxyl groups is 1. The molecule has 2 heterocycles. The number of halogens is 1. The average molecular weight is 277 g/mol. The number of aliphatic hydroxyl groups excluding tert-OH is 1. The number of aromatic nitrogens is 2. The quantitative estimate of drug-likeness (QED) is 0.936. The monoisotopic (exact) mass is 276 g/mol. The maximum absolute atomic E-state index is 9.24. The van der Waals surface area contributed by atoms with Gasteiger partial charge in [0, 0.05) is 37.2 Å². The van der Waals surface area contributed by atoms with Gasteiger partial charge in [-0.15, -0.1) is 0 Å². The molecule has 3 rings (SSSR count). The number of hydrogen-bond acceptors (Lipinski definition) is 2. The molecule has 19 heavy (non-hydrogen) atoms. The van der Waals surface area contributed by atoms with Crippen LogP contribution in [0.5, 0.6) is 0 Å². The lowest BCUT2D eigenvalue weighted by Crippen LogP contribution is -2.21. The Hall–Kier alpha value is -1.32. The number of aryl methyl sites for hydroxylation is 1. The van der Waals surface area contributed by atoms with Crippen molar-refractivity contribution in [1.29, 1.82) is 0 Å². The summed E-state index contributed by atoms with van der Waals surface area (Å²) in [5.41, 5.74) is 2.31. The number of hydrogen-bond donors (Lipinski definition) is 1. The van der Waals surface area contributed by atoms with E-state index in [1.54, 1.807) is 0 Å². The minimum atomic E-state index is 0.263. The van der Waals surface area contributed by atoms with E-state index in [1.165, 1.54) is 5.56 Å². The predicted molar refractivity (Wildman–Crippen MR) is 75.4 cm³/mol. The summed E-state index contributed by atoms with van der Waals surface area (Å²) in [5, 5.41) is 10.00. The lowest BCUT2D eigenvalue weighted by Gasteiger charge is -2.20. The van der Waals surface area contributed by atoms with Crippen LogP contribution in [-0.2, 0) is 19.4 Å². The van der Waals surface area contributed by atoms with E-state index in [4.69, 9.17) is 11.6 Å². The van der Waals surface area contributed by atoms with Gasteiger partial charge in [0.1, 0.15) is 5.82 Å². The van der Waals surface area contributed by atoms with Gasteiger partial charge in [-0.3, -0.25) is 0 Å². The van der Waals surface area contributed by atoms with Crippen LogP contribution in [-0.4, -0.2) is 21.3 Å². The first-order valence-electron chi connectivity index (χ1n) is 6.65. The van der Waals surface area contributed by atoms with E-state index in [1.807, 2.05) is 24.3 Å². The summed E-state index contributed by atoms with van der Waals surface area (Å²) < 4.78 is 2.22. The molecule has 3 nitrogen and oxygen atoms in total. The molecule has 1 aromatic heterocycles. The molecular formula is C15H17ClN2O. The Morgan fingerprint density at radius 3 is 2.84 bits per heavy atom. The molecule has 1 unspecified atom stereocenters.